The summed E-state index contributed by atoms with van der Waals surface area (Å²) in [5.41, 5.74) is 1.23. The zero-order valence-corrected chi connectivity index (χ0v) is 20.5. The number of nitrogens with zero attached hydrogens (tertiary/aromatic N) is 2. The number of aromatic nitrogens is 1. The summed E-state index contributed by atoms with van der Waals surface area (Å²) in [6.07, 6.45) is 2.03. The Bertz CT molecular complexity index is 1250. The number of hydrogen-bond acceptors (Lipinski definition) is 5. The Balaban J connectivity index is 1.52. The second-order valence-electron chi connectivity index (χ2n) is 7.76. The predicted molar refractivity (Wildman–Crippen MR) is 127 cm³/mol. The molecule has 1 N–H and O–H groups in total. The van der Waals surface area contributed by atoms with Crippen molar-refractivity contribution in [2.75, 3.05) is 13.2 Å². The van der Waals surface area contributed by atoms with Crippen molar-refractivity contribution in [2.45, 2.75) is 39.3 Å². The van der Waals surface area contributed by atoms with Crippen LogP contribution in [0.1, 0.15) is 50.1 Å². The zero-order valence-electron chi connectivity index (χ0n) is 18.2. The van der Waals surface area contributed by atoms with Crippen molar-refractivity contribution in [2.24, 2.45) is 4.99 Å². The van der Waals surface area contributed by atoms with Crippen LogP contribution in [-0.2, 0) is 11.3 Å². The molecule has 2 aromatic heterocycles. The van der Waals surface area contributed by atoms with E-state index in [4.69, 9.17) is 32.4 Å². The van der Waals surface area contributed by atoms with E-state index in [0.29, 0.717) is 28.7 Å². The number of thiazole rings is 1. The van der Waals surface area contributed by atoms with Crippen molar-refractivity contribution >= 4 is 46.4 Å². The number of benzene rings is 1. The van der Waals surface area contributed by atoms with E-state index in [0.717, 1.165) is 30.0 Å². The van der Waals surface area contributed by atoms with Gasteiger partial charge in [-0.15, -0.1) is 11.3 Å². The largest absolute Gasteiger partial charge is 0.454 e. The SMILES string of the molecule is Cc1sc(=NC(=O)c2ccc(Cl)cc2Cl)n(Cc2ccc(C(=O)NCC3CCCO3)o2)c1C. The van der Waals surface area contributed by atoms with Crippen LogP contribution in [0.3, 0.4) is 0 Å². The van der Waals surface area contributed by atoms with Gasteiger partial charge in [0.25, 0.3) is 11.8 Å². The number of hydrogen-bond donors (Lipinski definition) is 1. The molecule has 0 spiro atoms. The topological polar surface area (TPSA) is 85.8 Å². The number of furan rings is 1. The molecule has 7 nitrogen and oxygen atoms in total. The fraction of sp³-hybridized carbons (Fsp3) is 0.348. The summed E-state index contributed by atoms with van der Waals surface area (Å²) in [6.45, 7) is 5.44. The van der Waals surface area contributed by atoms with Gasteiger partial charge in [0.15, 0.2) is 10.6 Å². The normalized spacial score (nSPS) is 16.4. The Morgan fingerprint density at radius 3 is 2.79 bits per heavy atom. The van der Waals surface area contributed by atoms with E-state index in [-0.39, 0.29) is 28.4 Å². The summed E-state index contributed by atoms with van der Waals surface area (Å²) in [6, 6.07) is 8.07. The third-order valence-corrected chi connectivity index (χ3v) is 7.11. The molecule has 4 rings (SSSR count). The number of aryl methyl sites for hydroxylation is 1. The molecule has 174 valence electrons. The van der Waals surface area contributed by atoms with Gasteiger partial charge < -0.3 is 19.0 Å². The van der Waals surface area contributed by atoms with Crippen LogP contribution in [0.25, 0.3) is 0 Å². The number of amides is 2. The molecule has 1 aliphatic rings. The predicted octanol–water partition coefficient (Wildman–Crippen LogP) is 4.76. The van der Waals surface area contributed by atoms with Gasteiger partial charge in [0, 0.05) is 28.7 Å². The van der Waals surface area contributed by atoms with Gasteiger partial charge in [-0.3, -0.25) is 9.59 Å². The van der Waals surface area contributed by atoms with Gasteiger partial charge in [-0.05, 0) is 57.0 Å². The summed E-state index contributed by atoms with van der Waals surface area (Å²) in [5, 5.41) is 3.55. The van der Waals surface area contributed by atoms with Crippen molar-refractivity contribution in [1.82, 2.24) is 9.88 Å². The molecular weight excluding hydrogens is 485 g/mol. The van der Waals surface area contributed by atoms with Crippen LogP contribution in [0.2, 0.25) is 10.0 Å². The number of ether oxygens (including phenoxy) is 1. The highest BCUT2D eigenvalue weighted by Gasteiger charge is 2.19. The first-order valence-corrected chi connectivity index (χ1v) is 12.1. The summed E-state index contributed by atoms with van der Waals surface area (Å²) in [7, 11) is 0. The summed E-state index contributed by atoms with van der Waals surface area (Å²) < 4.78 is 13.2. The minimum absolute atomic E-state index is 0.0613. The van der Waals surface area contributed by atoms with E-state index in [1.807, 2.05) is 18.4 Å². The van der Waals surface area contributed by atoms with Gasteiger partial charge in [-0.2, -0.15) is 4.99 Å². The van der Waals surface area contributed by atoms with E-state index < -0.39 is 5.91 Å². The van der Waals surface area contributed by atoms with Crippen LogP contribution < -0.4 is 10.1 Å². The van der Waals surface area contributed by atoms with E-state index >= 15 is 0 Å². The Hall–Kier alpha value is -2.39. The smallest absolute Gasteiger partial charge is 0.287 e. The van der Waals surface area contributed by atoms with Crippen molar-refractivity contribution < 1.29 is 18.7 Å². The molecule has 0 bridgehead atoms. The first kappa shape index (κ1) is 23.8. The molecule has 0 radical (unpaired) electrons. The molecule has 3 aromatic rings. The van der Waals surface area contributed by atoms with E-state index in [1.54, 1.807) is 24.3 Å². The van der Waals surface area contributed by atoms with Gasteiger partial charge in [-0.25, -0.2) is 0 Å². The average Bonchev–Trinajstić information content (AvgIpc) is 3.51. The summed E-state index contributed by atoms with van der Waals surface area (Å²) in [4.78, 5) is 31.0. The van der Waals surface area contributed by atoms with Crippen LogP contribution >= 0.6 is 34.5 Å². The van der Waals surface area contributed by atoms with E-state index in [9.17, 15) is 9.59 Å². The van der Waals surface area contributed by atoms with Crippen LogP contribution in [0.5, 0.6) is 0 Å². The molecule has 2 amide bonds. The van der Waals surface area contributed by atoms with Crippen LogP contribution in [0.15, 0.2) is 39.7 Å². The van der Waals surface area contributed by atoms with E-state index in [2.05, 4.69) is 10.3 Å². The van der Waals surface area contributed by atoms with Gasteiger partial charge in [0.2, 0.25) is 0 Å². The lowest BCUT2D eigenvalue weighted by atomic mass is 10.2. The van der Waals surface area contributed by atoms with E-state index in [1.165, 1.54) is 17.4 Å². The standard InChI is InChI=1S/C23H23Cl2N3O4S/c1-13-14(2)33-23(27-21(29)18-7-5-15(24)10-19(18)25)28(13)12-17-6-8-20(32-17)22(30)26-11-16-4-3-9-31-16/h5-8,10,16H,3-4,9,11-12H2,1-2H3,(H,26,30). The van der Waals surface area contributed by atoms with Gasteiger partial charge in [-0.1, -0.05) is 23.2 Å². The number of carbonyl (C=O) groups excluding carboxylic acids is 2. The number of carbonyl (C=O) groups is 2. The molecule has 1 atom stereocenters. The highest BCUT2D eigenvalue weighted by Crippen LogP contribution is 2.22. The fourth-order valence-corrected chi connectivity index (χ4v) is 4.98. The first-order valence-electron chi connectivity index (χ1n) is 10.5. The number of rotatable bonds is 6. The zero-order chi connectivity index (χ0) is 23.5. The Labute approximate surface area is 205 Å². The molecule has 10 heteroatoms. The van der Waals surface area contributed by atoms with Crippen molar-refractivity contribution in [3.8, 4) is 0 Å². The Morgan fingerprint density at radius 1 is 1.24 bits per heavy atom. The quantitative estimate of drug-likeness (QED) is 0.520. The van der Waals surface area contributed by atoms with Crippen LogP contribution in [-0.4, -0.2) is 35.6 Å². The third kappa shape index (κ3) is 5.58. The highest BCUT2D eigenvalue weighted by molar-refractivity contribution is 7.09. The lowest BCUT2D eigenvalue weighted by Gasteiger charge is -2.09. The summed E-state index contributed by atoms with van der Waals surface area (Å²) >= 11 is 13.5. The second-order valence-corrected chi connectivity index (χ2v) is 9.79. The molecular formula is C23H23Cl2N3O4S. The molecule has 1 fully saturated rings. The molecule has 3 heterocycles. The maximum atomic E-state index is 12.8. The molecule has 1 saturated heterocycles. The first-order chi connectivity index (χ1) is 15.8. The maximum Gasteiger partial charge on any atom is 0.287 e. The maximum absolute atomic E-state index is 12.8. The molecule has 1 aliphatic heterocycles. The number of halogens is 2. The Morgan fingerprint density at radius 2 is 2.06 bits per heavy atom. The van der Waals surface area contributed by atoms with Crippen LogP contribution in [0.4, 0.5) is 0 Å². The third-order valence-electron chi connectivity index (χ3n) is 5.46. The molecule has 1 unspecified atom stereocenters. The summed E-state index contributed by atoms with van der Waals surface area (Å²) in [5.74, 6) is 0.0741. The molecule has 0 saturated carbocycles. The molecule has 33 heavy (non-hydrogen) atoms. The van der Waals surface area contributed by atoms with Gasteiger partial charge in [0.05, 0.1) is 23.2 Å². The fourth-order valence-electron chi connectivity index (χ4n) is 3.52. The minimum atomic E-state index is -0.458. The van der Waals surface area contributed by atoms with Crippen molar-refractivity contribution in [3.63, 3.8) is 0 Å². The number of nitrogens with one attached hydrogen (secondary N) is 1. The van der Waals surface area contributed by atoms with Gasteiger partial charge in [0.1, 0.15) is 5.76 Å². The van der Waals surface area contributed by atoms with Crippen molar-refractivity contribution in [1.29, 1.82) is 0 Å². The lowest BCUT2D eigenvalue weighted by molar-refractivity contribution is 0.0833. The van der Waals surface area contributed by atoms with Gasteiger partial charge >= 0.3 is 0 Å². The minimum Gasteiger partial charge on any atom is -0.454 e. The van der Waals surface area contributed by atoms with Crippen LogP contribution in [0, 0.1) is 13.8 Å². The molecule has 0 aliphatic carbocycles. The lowest BCUT2D eigenvalue weighted by Crippen LogP contribution is -2.31. The van der Waals surface area contributed by atoms with Crippen molar-refractivity contribution in [3.05, 3.63) is 72.8 Å². The monoisotopic (exact) mass is 507 g/mol. The second kappa shape index (κ2) is 10.3. The average molecular weight is 508 g/mol. The molecule has 1 aromatic carbocycles. The highest BCUT2D eigenvalue weighted by atomic mass is 35.5. The Kier molecular flexibility index (Phi) is 7.38.